The number of aromatic hydroxyl groups is 1. The van der Waals surface area contributed by atoms with Gasteiger partial charge in [0.25, 0.3) is 11.8 Å². The van der Waals surface area contributed by atoms with Gasteiger partial charge in [-0.3, -0.25) is 24.6 Å². The number of fused-ring (bicyclic) bond motifs is 4. The largest absolute Gasteiger partial charge is 0.508 e. The van der Waals surface area contributed by atoms with Gasteiger partial charge in [0.15, 0.2) is 0 Å². The van der Waals surface area contributed by atoms with E-state index in [1.165, 1.54) is 42.5 Å². The highest BCUT2D eigenvalue weighted by molar-refractivity contribution is 9.10. The maximum Gasteiger partial charge on any atom is 0.416 e. The molecule has 17 heteroatoms. The molecule has 2 heterocycles. The lowest BCUT2D eigenvalue weighted by molar-refractivity contribution is -0.143. The number of hydrogen-bond acceptors (Lipinski definition) is 6. The van der Waals surface area contributed by atoms with Gasteiger partial charge in [0.1, 0.15) is 11.6 Å². The van der Waals surface area contributed by atoms with Crippen molar-refractivity contribution in [2.24, 2.45) is 23.7 Å². The summed E-state index contributed by atoms with van der Waals surface area (Å²) in [6, 6.07) is 15.8. The van der Waals surface area contributed by atoms with Gasteiger partial charge in [-0.1, -0.05) is 51.3 Å². The van der Waals surface area contributed by atoms with E-state index in [-0.39, 0.29) is 35.9 Å². The monoisotopic (exact) mass is 875 g/mol. The predicted octanol–water partition coefficient (Wildman–Crippen LogP) is 9.17. The Hall–Kier alpha value is -5.22. The van der Waals surface area contributed by atoms with Gasteiger partial charge in [0.05, 0.1) is 45.7 Å². The molecule has 1 saturated carbocycles. The Balaban J connectivity index is 1.31. The number of allylic oxidation sites excluding steroid dienone is 2. The van der Waals surface area contributed by atoms with Crippen molar-refractivity contribution in [3.8, 4) is 5.75 Å². The van der Waals surface area contributed by atoms with E-state index in [0.717, 1.165) is 17.1 Å². The lowest BCUT2D eigenvalue weighted by Crippen LogP contribution is -2.53. The third kappa shape index (κ3) is 6.10. The molecule has 294 valence electrons. The standard InChI is InChI=1S/C40H26BrClF7N3O5/c41-21-3-12-31(53)29(16-21)33-26-10-11-27-32(36(56)51(34(27)54)25-14-19(39(44,45)46)13-20(15-25)40(47,48)49)28(26)17-30-35(55)52(50-24-8-6-23(43)7-9-24)37(57)38(30,33)18-1-4-22(42)5-2-18/h1-10,12-16,27-28,30,32-33,50,53H,11,17H2/t27-,28+,30-,32-,33+,38+/m0/s1. The maximum absolute atomic E-state index is 15.2. The molecule has 0 unspecified atom stereocenters. The number of benzene rings is 4. The van der Waals surface area contributed by atoms with Crippen molar-refractivity contribution in [2.45, 2.75) is 36.5 Å². The molecule has 0 spiro atoms. The van der Waals surface area contributed by atoms with E-state index in [1.807, 2.05) is 0 Å². The number of carbonyl (C=O) groups excluding carboxylic acids is 4. The van der Waals surface area contributed by atoms with Crippen molar-refractivity contribution in [3.05, 3.63) is 134 Å². The molecule has 57 heavy (non-hydrogen) atoms. The number of phenolic OH excluding ortho intramolecular Hbond substituents is 1. The van der Waals surface area contributed by atoms with Crippen LogP contribution in [0.5, 0.6) is 5.75 Å². The van der Waals surface area contributed by atoms with Gasteiger partial charge >= 0.3 is 12.4 Å². The van der Waals surface area contributed by atoms with Crippen LogP contribution < -0.4 is 10.3 Å². The fourth-order valence-corrected chi connectivity index (χ4v) is 9.58. The number of nitrogens with zero attached hydrogens (tertiary/aromatic N) is 2. The molecule has 8 nitrogen and oxygen atoms in total. The lowest BCUT2D eigenvalue weighted by Gasteiger charge is -2.50. The number of halogens is 9. The second kappa shape index (κ2) is 13.4. The van der Waals surface area contributed by atoms with Crippen LogP contribution in [-0.4, -0.2) is 33.7 Å². The molecule has 3 fully saturated rings. The third-order valence-electron chi connectivity index (χ3n) is 11.4. The number of imide groups is 2. The van der Waals surface area contributed by atoms with Gasteiger partial charge in [-0.2, -0.15) is 31.4 Å². The summed E-state index contributed by atoms with van der Waals surface area (Å²) in [5.74, 6) is -10.9. The Morgan fingerprint density at radius 2 is 1.42 bits per heavy atom. The van der Waals surface area contributed by atoms with E-state index < -0.39 is 93.6 Å². The molecular formula is C40H26BrClF7N3O5. The highest BCUT2D eigenvalue weighted by Gasteiger charge is 2.70. The molecule has 2 N–H and O–H groups in total. The average Bonchev–Trinajstić information content (AvgIpc) is 3.53. The molecule has 2 saturated heterocycles. The highest BCUT2D eigenvalue weighted by atomic mass is 79.9. The summed E-state index contributed by atoms with van der Waals surface area (Å²) in [6.07, 6.45) is -9.42. The second-order valence-corrected chi connectivity index (χ2v) is 15.7. The Bertz CT molecular complexity index is 2370. The van der Waals surface area contributed by atoms with Gasteiger partial charge in [-0.15, -0.1) is 0 Å². The predicted molar refractivity (Wildman–Crippen MR) is 194 cm³/mol. The maximum atomic E-state index is 15.2. The van der Waals surface area contributed by atoms with Gasteiger partial charge in [0, 0.05) is 21.0 Å². The van der Waals surface area contributed by atoms with Gasteiger partial charge in [-0.25, -0.2) is 9.29 Å². The number of hydrazine groups is 1. The SMILES string of the molecule is O=C1[C@@H]2C[C@@H]3C(=CC[C@@H]4C(=O)N(c5cc(C(F)(F)F)cc(C(F)(F)F)c5)C(=O)[C@@H]43)[C@H](c3cc(Br)ccc3O)[C@]2(c2ccc(Cl)cc2)C(=O)N1Nc1ccc(F)cc1. The molecule has 0 radical (unpaired) electrons. The number of hydrogen-bond donors (Lipinski definition) is 2. The van der Waals surface area contributed by atoms with Gasteiger partial charge in [-0.05, 0) is 97.1 Å². The van der Waals surface area contributed by atoms with Crippen LogP contribution in [0.2, 0.25) is 5.02 Å². The molecule has 4 aromatic rings. The molecule has 2 aliphatic carbocycles. The van der Waals surface area contributed by atoms with E-state index in [0.29, 0.717) is 37.7 Å². The zero-order chi connectivity index (χ0) is 40.9. The van der Waals surface area contributed by atoms with Crippen LogP contribution in [0.25, 0.3) is 0 Å². The average molecular weight is 877 g/mol. The number of alkyl halides is 6. The third-order valence-corrected chi connectivity index (χ3v) is 12.1. The molecule has 2 aliphatic heterocycles. The van der Waals surface area contributed by atoms with Crippen LogP contribution in [0.4, 0.5) is 42.1 Å². The summed E-state index contributed by atoms with van der Waals surface area (Å²) in [5, 5.41) is 12.6. The molecule has 0 bridgehead atoms. The fraction of sp³-hybridized carbons (Fsp3) is 0.250. The summed E-state index contributed by atoms with van der Waals surface area (Å²) in [4.78, 5) is 58.8. The number of nitrogens with one attached hydrogen (secondary N) is 1. The Morgan fingerprint density at radius 3 is 2.04 bits per heavy atom. The van der Waals surface area contributed by atoms with Crippen LogP contribution in [0.15, 0.2) is 101 Å². The first-order chi connectivity index (χ1) is 26.8. The minimum atomic E-state index is -5.26. The van der Waals surface area contributed by atoms with E-state index in [1.54, 1.807) is 18.2 Å². The van der Waals surface area contributed by atoms with Crippen molar-refractivity contribution in [2.75, 3.05) is 10.3 Å². The molecule has 0 aromatic heterocycles. The van der Waals surface area contributed by atoms with E-state index in [2.05, 4.69) is 21.4 Å². The van der Waals surface area contributed by atoms with Crippen molar-refractivity contribution in [1.82, 2.24) is 5.01 Å². The zero-order valence-electron chi connectivity index (χ0n) is 28.8. The van der Waals surface area contributed by atoms with Gasteiger partial charge < -0.3 is 5.11 Å². The second-order valence-electron chi connectivity index (χ2n) is 14.4. The highest BCUT2D eigenvalue weighted by Crippen LogP contribution is 2.65. The quantitative estimate of drug-likeness (QED) is 0.118. The van der Waals surface area contributed by atoms with E-state index >= 15 is 4.79 Å². The van der Waals surface area contributed by atoms with Crippen LogP contribution >= 0.6 is 27.5 Å². The molecular weight excluding hydrogens is 851 g/mol. The van der Waals surface area contributed by atoms with E-state index in [4.69, 9.17) is 11.6 Å². The zero-order valence-corrected chi connectivity index (χ0v) is 31.2. The number of carbonyl (C=O) groups is 4. The van der Waals surface area contributed by atoms with Crippen LogP contribution in [0.3, 0.4) is 0 Å². The normalized spacial score (nSPS) is 26.0. The number of anilines is 2. The Morgan fingerprint density at radius 1 is 0.789 bits per heavy atom. The van der Waals surface area contributed by atoms with Crippen LogP contribution in [-0.2, 0) is 36.9 Å². The van der Waals surface area contributed by atoms with Crippen molar-refractivity contribution in [1.29, 1.82) is 0 Å². The smallest absolute Gasteiger partial charge is 0.416 e. The number of rotatable bonds is 5. The first-order valence-electron chi connectivity index (χ1n) is 17.3. The van der Waals surface area contributed by atoms with E-state index in [9.17, 15) is 50.2 Å². The summed E-state index contributed by atoms with van der Waals surface area (Å²) in [6.45, 7) is 0. The summed E-state index contributed by atoms with van der Waals surface area (Å²) in [5.41, 5.74) is -2.51. The molecule has 8 rings (SSSR count). The summed E-state index contributed by atoms with van der Waals surface area (Å²) < 4.78 is 97.7. The molecule has 4 amide bonds. The number of phenols is 1. The Labute approximate surface area is 332 Å². The lowest BCUT2D eigenvalue weighted by atomic mass is 9.49. The molecule has 4 aromatic carbocycles. The minimum absolute atomic E-state index is 0.109. The Kier molecular flexibility index (Phi) is 9.11. The molecule has 6 atom stereocenters. The topological polar surface area (TPSA) is 107 Å². The van der Waals surface area contributed by atoms with Gasteiger partial charge in [0.2, 0.25) is 11.8 Å². The number of amides is 4. The van der Waals surface area contributed by atoms with Crippen molar-refractivity contribution < 1.29 is 55.0 Å². The first kappa shape index (κ1) is 38.6. The van der Waals surface area contributed by atoms with Crippen molar-refractivity contribution >= 4 is 62.5 Å². The van der Waals surface area contributed by atoms with Crippen molar-refractivity contribution in [3.63, 3.8) is 0 Å². The van der Waals surface area contributed by atoms with Crippen LogP contribution in [0.1, 0.15) is 41.0 Å². The summed E-state index contributed by atoms with van der Waals surface area (Å²) in [7, 11) is 0. The van der Waals surface area contributed by atoms with Crippen LogP contribution in [0, 0.1) is 29.5 Å². The summed E-state index contributed by atoms with van der Waals surface area (Å²) >= 11 is 9.69. The first-order valence-corrected chi connectivity index (χ1v) is 18.5. The molecule has 4 aliphatic rings. The minimum Gasteiger partial charge on any atom is -0.508 e. The fourth-order valence-electron chi connectivity index (χ4n) is 9.08.